The Balaban J connectivity index is 1.88. The number of halogens is 1. The highest BCUT2D eigenvalue weighted by molar-refractivity contribution is 6.30. The number of carbonyl (C=O) groups excluding carboxylic acids is 1. The molecule has 1 saturated carbocycles. The van der Waals surface area contributed by atoms with Gasteiger partial charge in [-0.2, -0.15) is 0 Å². The minimum Gasteiger partial charge on any atom is -0.481 e. The summed E-state index contributed by atoms with van der Waals surface area (Å²) in [5.41, 5.74) is 0. The summed E-state index contributed by atoms with van der Waals surface area (Å²) in [5, 5.41) is 3.71. The van der Waals surface area contributed by atoms with Gasteiger partial charge >= 0.3 is 0 Å². The van der Waals surface area contributed by atoms with Gasteiger partial charge in [0.15, 0.2) is 6.10 Å². The van der Waals surface area contributed by atoms with E-state index in [1.807, 2.05) is 6.07 Å². The second-order valence-electron chi connectivity index (χ2n) is 5.59. The first-order valence-electron chi connectivity index (χ1n) is 7.29. The molecule has 0 spiro atoms. The van der Waals surface area contributed by atoms with E-state index in [0.29, 0.717) is 16.7 Å². The van der Waals surface area contributed by atoms with Gasteiger partial charge < -0.3 is 10.1 Å². The van der Waals surface area contributed by atoms with Gasteiger partial charge in [0.2, 0.25) is 0 Å². The van der Waals surface area contributed by atoms with Crippen LogP contribution < -0.4 is 10.1 Å². The third-order valence-corrected chi connectivity index (χ3v) is 4.15. The molecule has 1 aliphatic rings. The second kappa shape index (κ2) is 6.98. The fraction of sp³-hybridized carbons (Fsp3) is 0.562. The highest BCUT2D eigenvalue weighted by atomic mass is 35.5. The van der Waals surface area contributed by atoms with Crippen molar-refractivity contribution in [3.63, 3.8) is 0 Å². The zero-order chi connectivity index (χ0) is 14.5. The molecule has 1 N–H and O–H groups in total. The summed E-state index contributed by atoms with van der Waals surface area (Å²) in [6.45, 7) is 3.97. The summed E-state index contributed by atoms with van der Waals surface area (Å²) in [5.74, 6) is 1.12. The Morgan fingerprint density at radius 3 is 2.85 bits per heavy atom. The van der Waals surface area contributed by atoms with Gasteiger partial charge in [-0.1, -0.05) is 37.4 Å². The fourth-order valence-electron chi connectivity index (χ4n) is 2.63. The molecule has 4 heteroatoms. The van der Waals surface area contributed by atoms with Gasteiger partial charge in [0.05, 0.1) is 0 Å². The van der Waals surface area contributed by atoms with Crippen molar-refractivity contribution in [3.05, 3.63) is 29.3 Å². The highest BCUT2D eigenvalue weighted by Crippen LogP contribution is 2.24. The Hall–Kier alpha value is -1.22. The van der Waals surface area contributed by atoms with Crippen molar-refractivity contribution in [2.24, 2.45) is 5.92 Å². The topological polar surface area (TPSA) is 38.3 Å². The van der Waals surface area contributed by atoms with Crippen molar-refractivity contribution in [2.75, 3.05) is 0 Å². The van der Waals surface area contributed by atoms with Crippen LogP contribution in [0.2, 0.25) is 5.02 Å². The normalized spacial score (nSPS) is 23.9. The van der Waals surface area contributed by atoms with E-state index in [-0.39, 0.29) is 11.9 Å². The second-order valence-corrected chi connectivity index (χ2v) is 6.03. The van der Waals surface area contributed by atoms with Crippen LogP contribution in [0.5, 0.6) is 5.75 Å². The molecular formula is C16H22ClNO2. The third kappa shape index (κ3) is 4.14. The fourth-order valence-corrected chi connectivity index (χ4v) is 2.81. The SMILES string of the molecule is CC(Oc1cccc(Cl)c1)C(=O)NC1CCCCC1C. The molecule has 0 aromatic heterocycles. The molecule has 20 heavy (non-hydrogen) atoms. The van der Waals surface area contributed by atoms with Gasteiger partial charge in [0.1, 0.15) is 5.75 Å². The predicted molar refractivity (Wildman–Crippen MR) is 81.1 cm³/mol. The lowest BCUT2D eigenvalue weighted by Crippen LogP contribution is -2.46. The summed E-state index contributed by atoms with van der Waals surface area (Å²) < 4.78 is 5.64. The smallest absolute Gasteiger partial charge is 0.261 e. The quantitative estimate of drug-likeness (QED) is 0.917. The molecule has 0 bridgehead atoms. The predicted octanol–water partition coefficient (Wildman–Crippen LogP) is 3.80. The number of hydrogen-bond acceptors (Lipinski definition) is 2. The number of nitrogens with one attached hydrogen (secondary N) is 1. The molecule has 3 unspecified atom stereocenters. The van der Waals surface area contributed by atoms with Crippen molar-refractivity contribution >= 4 is 17.5 Å². The molecule has 0 radical (unpaired) electrons. The number of carbonyl (C=O) groups is 1. The Bertz CT molecular complexity index is 464. The summed E-state index contributed by atoms with van der Waals surface area (Å²) >= 11 is 5.90. The van der Waals surface area contributed by atoms with Crippen LogP contribution in [0.1, 0.15) is 39.5 Å². The first-order chi connectivity index (χ1) is 9.56. The number of amides is 1. The van der Waals surface area contributed by atoms with Crippen LogP contribution in [0.25, 0.3) is 0 Å². The van der Waals surface area contributed by atoms with Crippen LogP contribution in [-0.4, -0.2) is 18.1 Å². The Morgan fingerprint density at radius 1 is 1.40 bits per heavy atom. The zero-order valence-electron chi connectivity index (χ0n) is 12.1. The summed E-state index contributed by atoms with van der Waals surface area (Å²) in [7, 11) is 0. The van der Waals surface area contributed by atoms with Crippen molar-refractivity contribution in [1.82, 2.24) is 5.32 Å². The van der Waals surface area contributed by atoms with Crippen LogP contribution in [-0.2, 0) is 4.79 Å². The maximum Gasteiger partial charge on any atom is 0.261 e. The summed E-state index contributed by atoms with van der Waals surface area (Å²) in [6, 6.07) is 7.39. The average molecular weight is 296 g/mol. The van der Waals surface area contributed by atoms with E-state index < -0.39 is 6.10 Å². The molecule has 1 aromatic carbocycles. The van der Waals surface area contributed by atoms with E-state index in [1.165, 1.54) is 19.3 Å². The minimum absolute atomic E-state index is 0.0521. The third-order valence-electron chi connectivity index (χ3n) is 3.92. The van der Waals surface area contributed by atoms with Gasteiger partial charge in [-0.05, 0) is 43.9 Å². The van der Waals surface area contributed by atoms with Crippen molar-refractivity contribution < 1.29 is 9.53 Å². The molecule has 1 aromatic rings. The van der Waals surface area contributed by atoms with E-state index in [1.54, 1.807) is 25.1 Å². The summed E-state index contributed by atoms with van der Waals surface area (Å²) in [6.07, 6.45) is 4.20. The van der Waals surface area contributed by atoms with E-state index >= 15 is 0 Å². The molecule has 3 atom stereocenters. The van der Waals surface area contributed by atoms with Crippen LogP contribution in [0.15, 0.2) is 24.3 Å². The molecule has 110 valence electrons. The highest BCUT2D eigenvalue weighted by Gasteiger charge is 2.25. The van der Waals surface area contributed by atoms with Gasteiger partial charge in [0, 0.05) is 11.1 Å². The van der Waals surface area contributed by atoms with Crippen molar-refractivity contribution in [1.29, 1.82) is 0 Å². The monoisotopic (exact) mass is 295 g/mol. The zero-order valence-corrected chi connectivity index (χ0v) is 12.8. The first kappa shape index (κ1) is 15.2. The largest absolute Gasteiger partial charge is 0.481 e. The lowest BCUT2D eigenvalue weighted by atomic mass is 9.86. The van der Waals surface area contributed by atoms with Crippen LogP contribution >= 0.6 is 11.6 Å². The Labute approximate surface area is 125 Å². The van der Waals surface area contributed by atoms with Crippen molar-refractivity contribution in [2.45, 2.75) is 51.7 Å². The number of ether oxygens (including phenoxy) is 1. The lowest BCUT2D eigenvalue weighted by molar-refractivity contribution is -0.128. The van der Waals surface area contributed by atoms with E-state index in [4.69, 9.17) is 16.3 Å². The van der Waals surface area contributed by atoms with Crippen LogP contribution in [0, 0.1) is 5.92 Å². The van der Waals surface area contributed by atoms with Gasteiger partial charge in [-0.15, -0.1) is 0 Å². The molecule has 3 nitrogen and oxygen atoms in total. The molecule has 1 fully saturated rings. The maximum atomic E-state index is 12.2. The van der Waals surface area contributed by atoms with Crippen molar-refractivity contribution in [3.8, 4) is 5.75 Å². The molecule has 0 aliphatic heterocycles. The summed E-state index contributed by atoms with van der Waals surface area (Å²) in [4.78, 5) is 12.2. The molecule has 2 rings (SSSR count). The Kier molecular flexibility index (Phi) is 5.30. The number of benzene rings is 1. The molecule has 0 heterocycles. The van der Waals surface area contributed by atoms with Gasteiger partial charge in [0.25, 0.3) is 5.91 Å². The Morgan fingerprint density at radius 2 is 2.15 bits per heavy atom. The molecule has 1 amide bonds. The van der Waals surface area contributed by atoms with Crippen LogP contribution in [0.3, 0.4) is 0 Å². The molecule has 0 saturated heterocycles. The van der Waals surface area contributed by atoms with E-state index in [2.05, 4.69) is 12.2 Å². The number of hydrogen-bond donors (Lipinski definition) is 1. The maximum absolute atomic E-state index is 12.2. The minimum atomic E-state index is -0.511. The average Bonchev–Trinajstić information content (AvgIpc) is 2.41. The van der Waals surface area contributed by atoms with Gasteiger partial charge in [-0.3, -0.25) is 4.79 Å². The first-order valence-corrected chi connectivity index (χ1v) is 7.66. The standard InChI is InChI=1S/C16H22ClNO2/c1-11-6-3-4-9-15(11)18-16(19)12(2)20-14-8-5-7-13(17)10-14/h5,7-8,10-12,15H,3-4,6,9H2,1-2H3,(H,18,19). The van der Waals surface area contributed by atoms with E-state index in [9.17, 15) is 4.79 Å². The molecule has 1 aliphatic carbocycles. The lowest BCUT2D eigenvalue weighted by Gasteiger charge is -2.30. The number of rotatable bonds is 4. The van der Waals surface area contributed by atoms with Crippen LogP contribution in [0.4, 0.5) is 0 Å². The van der Waals surface area contributed by atoms with E-state index in [0.717, 1.165) is 6.42 Å². The molecular weight excluding hydrogens is 274 g/mol. The van der Waals surface area contributed by atoms with Gasteiger partial charge in [-0.25, -0.2) is 0 Å².